The van der Waals surface area contributed by atoms with Gasteiger partial charge in [-0.15, -0.1) is 11.6 Å². The van der Waals surface area contributed by atoms with Gasteiger partial charge in [0.05, 0.1) is 0 Å². The molecular formula is C15H23Cl. The van der Waals surface area contributed by atoms with E-state index in [1.807, 2.05) is 0 Å². The van der Waals surface area contributed by atoms with Gasteiger partial charge in [-0.05, 0) is 41.4 Å². The van der Waals surface area contributed by atoms with Crippen molar-refractivity contribution in [3.8, 4) is 0 Å². The largest absolute Gasteiger partial charge is 0.122 e. The summed E-state index contributed by atoms with van der Waals surface area (Å²) in [6, 6.07) is 6.77. The van der Waals surface area contributed by atoms with Gasteiger partial charge in [-0.3, -0.25) is 0 Å². The Morgan fingerprint density at radius 1 is 0.938 bits per heavy atom. The molecule has 0 aromatic heterocycles. The Bertz CT molecular complexity index is 326. The van der Waals surface area contributed by atoms with Crippen molar-refractivity contribution in [3.05, 3.63) is 34.9 Å². The molecule has 0 fully saturated rings. The number of halogens is 1. The quantitative estimate of drug-likeness (QED) is 0.645. The molecule has 0 aliphatic carbocycles. The van der Waals surface area contributed by atoms with Gasteiger partial charge in [0.2, 0.25) is 0 Å². The zero-order valence-corrected chi connectivity index (χ0v) is 11.6. The molecule has 0 heterocycles. The van der Waals surface area contributed by atoms with E-state index in [9.17, 15) is 0 Å². The fourth-order valence-corrected chi connectivity index (χ4v) is 2.30. The zero-order valence-electron chi connectivity index (χ0n) is 10.9. The topological polar surface area (TPSA) is 0 Å². The molecule has 0 saturated heterocycles. The van der Waals surface area contributed by atoms with E-state index in [1.54, 1.807) is 0 Å². The van der Waals surface area contributed by atoms with Crippen molar-refractivity contribution in [2.45, 2.75) is 46.4 Å². The first-order valence-electron chi connectivity index (χ1n) is 6.19. The second kappa shape index (κ2) is 6.30. The predicted octanol–water partition coefficient (Wildman–Crippen LogP) is 4.82. The molecule has 0 saturated carbocycles. The van der Waals surface area contributed by atoms with E-state index in [2.05, 4.69) is 45.9 Å². The number of alkyl halides is 1. The summed E-state index contributed by atoms with van der Waals surface area (Å²) in [5.41, 5.74) is 4.17. The molecule has 0 amide bonds. The minimum absolute atomic E-state index is 0.629. The maximum absolute atomic E-state index is 5.97. The lowest BCUT2D eigenvalue weighted by atomic mass is 9.94. The number of rotatable bonds is 5. The Labute approximate surface area is 105 Å². The van der Waals surface area contributed by atoms with Crippen molar-refractivity contribution in [1.29, 1.82) is 0 Å². The van der Waals surface area contributed by atoms with Crippen molar-refractivity contribution in [2.24, 2.45) is 11.8 Å². The number of hydrogen-bond donors (Lipinski definition) is 0. The monoisotopic (exact) mass is 238 g/mol. The first-order chi connectivity index (χ1) is 7.52. The van der Waals surface area contributed by atoms with Gasteiger partial charge >= 0.3 is 0 Å². The molecule has 1 rings (SSSR count). The Kier molecular flexibility index (Phi) is 5.34. The Hall–Kier alpha value is -0.490. The highest BCUT2D eigenvalue weighted by Gasteiger charge is 2.06. The second-order valence-corrected chi connectivity index (χ2v) is 5.70. The summed E-state index contributed by atoms with van der Waals surface area (Å²) >= 11 is 5.97. The van der Waals surface area contributed by atoms with E-state index < -0.39 is 0 Å². The SMILES string of the molecule is CC(C)Cc1ccc(CCl)c(CC(C)C)c1. The summed E-state index contributed by atoms with van der Waals surface area (Å²) < 4.78 is 0. The van der Waals surface area contributed by atoms with Gasteiger partial charge < -0.3 is 0 Å². The summed E-state index contributed by atoms with van der Waals surface area (Å²) in [7, 11) is 0. The molecule has 0 radical (unpaired) electrons. The van der Waals surface area contributed by atoms with Crippen LogP contribution in [0.5, 0.6) is 0 Å². The lowest BCUT2D eigenvalue weighted by Crippen LogP contribution is -2.01. The van der Waals surface area contributed by atoms with Crippen LogP contribution >= 0.6 is 11.6 Å². The van der Waals surface area contributed by atoms with Gasteiger partial charge in [0.15, 0.2) is 0 Å². The van der Waals surface area contributed by atoms with Crippen LogP contribution in [0.2, 0.25) is 0 Å². The van der Waals surface area contributed by atoms with Crippen LogP contribution in [0.3, 0.4) is 0 Å². The van der Waals surface area contributed by atoms with Crippen LogP contribution in [0, 0.1) is 11.8 Å². The minimum Gasteiger partial charge on any atom is -0.122 e. The maximum Gasteiger partial charge on any atom is 0.0476 e. The Balaban J connectivity index is 2.91. The molecule has 90 valence electrons. The van der Waals surface area contributed by atoms with Gasteiger partial charge in [-0.1, -0.05) is 45.9 Å². The molecule has 0 aliphatic rings. The normalized spacial score (nSPS) is 11.4. The summed E-state index contributed by atoms with van der Waals surface area (Å²) in [6.07, 6.45) is 2.29. The standard InChI is InChI=1S/C15H23Cl/c1-11(2)7-13-5-6-14(10-16)15(9-13)8-12(3)4/h5-6,9,11-12H,7-8,10H2,1-4H3. The first kappa shape index (κ1) is 13.6. The van der Waals surface area contributed by atoms with Crippen molar-refractivity contribution < 1.29 is 0 Å². The molecule has 0 aliphatic heterocycles. The molecule has 16 heavy (non-hydrogen) atoms. The lowest BCUT2D eigenvalue weighted by Gasteiger charge is -2.13. The van der Waals surface area contributed by atoms with Crippen LogP contribution in [0.4, 0.5) is 0 Å². The molecule has 1 heteroatoms. The van der Waals surface area contributed by atoms with E-state index in [4.69, 9.17) is 11.6 Å². The molecule has 0 atom stereocenters. The van der Waals surface area contributed by atoms with Crippen LogP contribution in [-0.2, 0) is 18.7 Å². The smallest absolute Gasteiger partial charge is 0.0476 e. The molecule has 0 unspecified atom stereocenters. The summed E-state index contributed by atoms with van der Waals surface area (Å²) in [6.45, 7) is 9.04. The molecule has 0 nitrogen and oxygen atoms in total. The predicted molar refractivity (Wildman–Crippen MR) is 73.1 cm³/mol. The third kappa shape index (κ3) is 4.17. The van der Waals surface area contributed by atoms with Gasteiger partial charge in [0.25, 0.3) is 0 Å². The average Bonchev–Trinajstić information content (AvgIpc) is 2.16. The minimum atomic E-state index is 0.629. The van der Waals surface area contributed by atoms with Gasteiger partial charge in [0.1, 0.15) is 0 Å². The summed E-state index contributed by atoms with van der Waals surface area (Å²) in [5, 5.41) is 0. The van der Waals surface area contributed by atoms with Crippen molar-refractivity contribution in [3.63, 3.8) is 0 Å². The summed E-state index contributed by atoms with van der Waals surface area (Å²) in [4.78, 5) is 0. The fourth-order valence-electron chi connectivity index (χ4n) is 2.04. The molecule has 0 spiro atoms. The number of hydrogen-bond acceptors (Lipinski definition) is 0. The fraction of sp³-hybridized carbons (Fsp3) is 0.600. The third-order valence-electron chi connectivity index (χ3n) is 2.69. The Morgan fingerprint density at radius 2 is 1.56 bits per heavy atom. The zero-order chi connectivity index (χ0) is 12.1. The van der Waals surface area contributed by atoms with Gasteiger partial charge in [-0.2, -0.15) is 0 Å². The molecule has 0 N–H and O–H groups in total. The van der Waals surface area contributed by atoms with Crippen LogP contribution in [0.25, 0.3) is 0 Å². The van der Waals surface area contributed by atoms with E-state index in [0.29, 0.717) is 17.7 Å². The number of benzene rings is 1. The van der Waals surface area contributed by atoms with Crippen LogP contribution in [0.15, 0.2) is 18.2 Å². The first-order valence-corrected chi connectivity index (χ1v) is 6.73. The lowest BCUT2D eigenvalue weighted by molar-refractivity contribution is 0.634. The molecule has 0 bridgehead atoms. The highest BCUT2D eigenvalue weighted by molar-refractivity contribution is 6.17. The molecule has 1 aromatic rings. The van der Waals surface area contributed by atoms with Crippen LogP contribution in [-0.4, -0.2) is 0 Å². The Morgan fingerprint density at radius 3 is 2.06 bits per heavy atom. The maximum atomic E-state index is 5.97. The van der Waals surface area contributed by atoms with Gasteiger partial charge in [0, 0.05) is 5.88 Å². The second-order valence-electron chi connectivity index (χ2n) is 5.43. The molecule has 1 aromatic carbocycles. The van der Waals surface area contributed by atoms with Crippen molar-refractivity contribution >= 4 is 11.6 Å². The van der Waals surface area contributed by atoms with Crippen molar-refractivity contribution in [2.75, 3.05) is 0 Å². The van der Waals surface area contributed by atoms with E-state index >= 15 is 0 Å². The van der Waals surface area contributed by atoms with E-state index in [1.165, 1.54) is 16.7 Å². The van der Waals surface area contributed by atoms with Crippen LogP contribution < -0.4 is 0 Å². The van der Waals surface area contributed by atoms with Crippen LogP contribution in [0.1, 0.15) is 44.4 Å². The van der Waals surface area contributed by atoms with Crippen molar-refractivity contribution in [1.82, 2.24) is 0 Å². The van der Waals surface area contributed by atoms with E-state index in [0.717, 1.165) is 12.8 Å². The highest BCUT2D eigenvalue weighted by Crippen LogP contribution is 2.19. The average molecular weight is 239 g/mol. The summed E-state index contributed by atoms with van der Waals surface area (Å²) in [5.74, 6) is 2.04. The highest BCUT2D eigenvalue weighted by atomic mass is 35.5. The third-order valence-corrected chi connectivity index (χ3v) is 2.97. The molecular weight excluding hydrogens is 216 g/mol. The van der Waals surface area contributed by atoms with Gasteiger partial charge in [-0.25, -0.2) is 0 Å². The van der Waals surface area contributed by atoms with E-state index in [-0.39, 0.29) is 0 Å².